The van der Waals surface area contributed by atoms with Crippen molar-refractivity contribution in [3.8, 4) is 17.1 Å². The lowest BCUT2D eigenvalue weighted by atomic mass is 9.89. The first-order valence-electron chi connectivity index (χ1n) is 8.85. The van der Waals surface area contributed by atoms with E-state index in [-0.39, 0.29) is 12.1 Å². The van der Waals surface area contributed by atoms with Gasteiger partial charge >= 0.3 is 0 Å². The summed E-state index contributed by atoms with van der Waals surface area (Å²) < 4.78 is 11.5. The van der Waals surface area contributed by atoms with Gasteiger partial charge in [0.25, 0.3) is 0 Å². The molecule has 1 saturated heterocycles. The Morgan fingerprint density at radius 3 is 2.62 bits per heavy atom. The molecule has 0 unspecified atom stereocenters. The van der Waals surface area contributed by atoms with Crippen LogP contribution in [0, 0.1) is 0 Å². The van der Waals surface area contributed by atoms with Gasteiger partial charge in [0.2, 0.25) is 17.8 Å². The molecular weight excluding hydrogens is 334 g/mol. The third-order valence-electron chi connectivity index (χ3n) is 4.74. The Hall–Kier alpha value is -2.52. The molecule has 9 heteroatoms. The lowest BCUT2D eigenvalue weighted by molar-refractivity contribution is 0.0836. The van der Waals surface area contributed by atoms with Crippen molar-refractivity contribution in [3.05, 3.63) is 18.5 Å². The predicted octanol–water partition coefficient (Wildman–Crippen LogP) is 0.482. The Morgan fingerprint density at radius 2 is 1.92 bits per heavy atom. The quantitative estimate of drug-likeness (QED) is 0.789. The van der Waals surface area contributed by atoms with E-state index in [4.69, 9.17) is 15.2 Å². The maximum Gasteiger partial charge on any atom is 0.229 e. The number of nitrogens with zero attached hydrogens (tertiary/aromatic N) is 5. The molecule has 1 aliphatic carbocycles. The minimum absolute atomic E-state index is 0.176. The molecule has 26 heavy (non-hydrogen) atoms. The number of nitrogens with one attached hydrogen (secondary N) is 1. The van der Waals surface area contributed by atoms with Crippen molar-refractivity contribution in [2.75, 3.05) is 44.0 Å². The summed E-state index contributed by atoms with van der Waals surface area (Å²) in [5.74, 6) is 1.45. The fourth-order valence-corrected chi connectivity index (χ4v) is 3.06. The lowest BCUT2D eigenvalue weighted by Crippen LogP contribution is -2.45. The molecule has 2 aromatic rings. The molecule has 1 aliphatic heterocycles. The van der Waals surface area contributed by atoms with E-state index in [1.807, 2.05) is 13.1 Å². The van der Waals surface area contributed by atoms with E-state index in [1.165, 1.54) is 0 Å². The average Bonchev–Trinajstić information content (AvgIpc) is 2.65. The van der Waals surface area contributed by atoms with Crippen LogP contribution in [0.4, 0.5) is 11.9 Å². The Kier molecular flexibility index (Phi) is 4.81. The molecule has 0 bridgehead atoms. The highest BCUT2D eigenvalue weighted by molar-refractivity contribution is 5.60. The number of rotatable bonds is 5. The minimum Gasteiger partial charge on any atom is -0.474 e. The Balaban J connectivity index is 1.61. The fraction of sp³-hybridized carbons (Fsp3) is 0.529. The second kappa shape index (κ2) is 7.38. The van der Waals surface area contributed by atoms with Gasteiger partial charge < -0.3 is 25.4 Å². The Bertz CT molecular complexity index is 743. The van der Waals surface area contributed by atoms with Gasteiger partial charge in [-0.25, -0.2) is 15.0 Å². The van der Waals surface area contributed by atoms with Gasteiger partial charge in [0.1, 0.15) is 6.10 Å². The van der Waals surface area contributed by atoms with Gasteiger partial charge in [-0.3, -0.25) is 0 Å². The van der Waals surface area contributed by atoms with Gasteiger partial charge in [0, 0.05) is 43.2 Å². The number of hydrogen-bond acceptors (Lipinski definition) is 9. The highest BCUT2D eigenvalue weighted by Gasteiger charge is 2.30. The van der Waals surface area contributed by atoms with E-state index >= 15 is 0 Å². The maximum absolute atomic E-state index is 6.09. The molecule has 0 amide bonds. The van der Waals surface area contributed by atoms with Gasteiger partial charge in [-0.1, -0.05) is 0 Å². The standard InChI is InChI=1S/C17H23N7O2/c1-19-12-6-13(7-12)26-15-8-14(11-9-20-16(18)21-10-11)22-17(23-15)24-2-4-25-5-3-24/h8-10,12-13,19H,2-7H2,1H3,(H2,18,20,21)/t12-,13-. The highest BCUT2D eigenvalue weighted by Crippen LogP contribution is 2.29. The molecule has 2 fully saturated rings. The van der Waals surface area contributed by atoms with Crippen molar-refractivity contribution in [1.29, 1.82) is 0 Å². The topological polar surface area (TPSA) is 111 Å². The molecule has 9 nitrogen and oxygen atoms in total. The lowest BCUT2D eigenvalue weighted by Gasteiger charge is -2.35. The summed E-state index contributed by atoms with van der Waals surface area (Å²) >= 11 is 0. The summed E-state index contributed by atoms with van der Waals surface area (Å²) in [5, 5.41) is 3.26. The van der Waals surface area contributed by atoms with Gasteiger partial charge in [-0.2, -0.15) is 4.98 Å². The second-order valence-corrected chi connectivity index (χ2v) is 6.52. The third-order valence-corrected chi connectivity index (χ3v) is 4.74. The minimum atomic E-state index is 0.176. The molecule has 2 aliphatic rings. The van der Waals surface area contributed by atoms with Gasteiger partial charge in [0.15, 0.2) is 0 Å². The number of ether oxygens (including phenoxy) is 2. The fourth-order valence-electron chi connectivity index (χ4n) is 3.06. The van der Waals surface area contributed by atoms with Crippen LogP contribution < -0.4 is 20.7 Å². The first kappa shape index (κ1) is 16.9. The summed E-state index contributed by atoms with van der Waals surface area (Å²) in [6.45, 7) is 2.85. The summed E-state index contributed by atoms with van der Waals surface area (Å²) in [7, 11) is 1.97. The molecule has 0 atom stereocenters. The van der Waals surface area contributed by atoms with Crippen molar-refractivity contribution in [3.63, 3.8) is 0 Å². The summed E-state index contributed by atoms with van der Waals surface area (Å²) in [4.78, 5) is 19.5. The molecule has 0 radical (unpaired) electrons. The third kappa shape index (κ3) is 3.68. The van der Waals surface area contributed by atoms with Crippen LogP contribution in [0.25, 0.3) is 11.3 Å². The molecule has 138 valence electrons. The zero-order valence-corrected chi connectivity index (χ0v) is 14.8. The number of aromatic nitrogens is 4. The molecule has 0 spiro atoms. The average molecular weight is 357 g/mol. The first-order chi connectivity index (χ1) is 12.7. The van der Waals surface area contributed by atoms with Crippen molar-refractivity contribution >= 4 is 11.9 Å². The number of hydrogen-bond donors (Lipinski definition) is 2. The van der Waals surface area contributed by atoms with Gasteiger partial charge in [-0.15, -0.1) is 0 Å². The molecule has 0 aromatic carbocycles. The summed E-state index contributed by atoms with van der Waals surface area (Å²) in [6.07, 6.45) is 5.47. The normalized spacial score (nSPS) is 22.7. The van der Waals surface area contributed by atoms with Crippen LogP contribution in [-0.2, 0) is 4.74 Å². The van der Waals surface area contributed by atoms with E-state index in [1.54, 1.807) is 12.4 Å². The largest absolute Gasteiger partial charge is 0.474 e. The number of anilines is 2. The number of morpholine rings is 1. The SMILES string of the molecule is CN[C@H]1C[C@H](Oc2cc(-c3cnc(N)nc3)nc(N3CCOCC3)n2)C1. The zero-order valence-electron chi connectivity index (χ0n) is 14.8. The summed E-state index contributed by atoms with van der Waals surface area (Å²) in [5.41, 5.74) is 7.09. The van der Waals surface area contributed by atoms with Crippen LogP contribution in [-0.4, -0.2) is 65.4 Å². The van der Waals surface area contributed by atoms with Gasteiger partial charge in [-0.05, 0) is 19.9 Å². The Labute approximate surface area is 152 Å². The van der Waals surface area contributed by atoms with Crippen molar-refractivity contribution < 1.29 is 9.47 Å². The molecule has 2 aromatic heterocycles. The van der Waals surface area contributed by atoms with Crippen molar-refractivity contribution in [1.82, 2.24) is 25.3 Å². The second-order valence-electron chi connectivity index (χ2n) is 6.52. The van der Waals surface area contributed by atoms with Gasteiger partial charge in [0.05, 0.1) is 18.9 Å². The van der Waals surface area contributed by atoms with E-state index in [9.17, 15) is 0 Å². The van der Waals surface area contributed by atoms with E-state index in [0.29, 0.717) is 31.1 Å². The zero-order chi connectivity index (χ0) is 17.9. The van der Waals surface area contributed by atoms with Crippen LogP contribution in [0.5, 0.6) is 5.88 Å². The van der Waals surface area contributed by atoms with Crippen molar-refractivity contribution in [2.45, 2.75) is 25.0 Å². The van der Waals surface area contributed by atoms with Crippen LogP contribution in [0.3, 0.4) is 0 Å². The molecular formula is C17H23N7O2. The molecule has 1 saturated carbocycles. The maximum atomic E-state index is 6.09. The van der Waals surface area contributed by atoms with E-state index in [0.717, 1.165) is 37.2 Å². The number of nitrogens with two attached hydrogens (primary N) is 1. The first-order valence-corrected chi connectivity index (χ1v) is 8.85. The molecule has 3 N–H and O–H groups in total. The van der Waals surface area contributed by atoms with Crippen LogP contribution in [0.15, 0.2) is 18.5 Å². The number of nitrogen functional groups attached to an aromatic ring is 1. The Morgan fingerprint density at radius 1 is 1.19 bits per heavy atom. The van der Waals surface area contributed by atoms with Crippen molar-refractivity contribution in [2.24, 2.45) is 0 Å². The van der Waals surface area contributed by atoms with E-state index in [2.05, 4.69) is 30.2 Å². The highest BCUT2D eigenvalue weighted by atomic mass is 16.5. The molecule has 3 heterocycles. The van der Waals surface area contributed by atoms with Crippen LogP contribution in [0.1, 0.15) is 12.8 Å². The predicted molar refractivity (Wildman–Crippen MR) is 97.0 cm³/mol. The van der Waals surface area contributed by atoms with Crippen LogP contribution >= 0.6 is 0 Å². The summed E-state index contributed by atoms with van der Waals surface area (Å²) in [6, 6.07) is 2.36. The smallest absolute Gasteiger partial charge is 0.229 e. The molecule has 4 rings (SSSR count). The van der Waals surface area contributed by atoms with E-state index < -0.39 is 0 Å². The van der Waals surface area contributed by atoms with Crippen LogP contribution in [0.2, 0.25) is 0 Å². The monoisotopic (exact) mass is 357 g/mol.